The Morgan fingerprint density at radius 1 is 0.930 bits per heavy atom. The minimum Gasteiger partial charge on any atom is -0.444 e. The highest BCUT2D eigenvalue weighted by molar-refractivity contribution is 5.68. The van der Waals surface area contributed by atoms with E-state index in [1.807, 2.05) is 38.7 Å². The number of piperidine rings is 1. The van der Waals surface area contributed by atoms with Crippen LogP contribution in [-0.2, 0) is 11.3 Å². The number of likely N-dealkylation sites (tertiary alicyclic amines) is 2. The summed E-state index contributed by atoms with van der Waals surface area (Å²) in [4.78, 5) is 24.1. The van der Waals surface area contributed by atoms with Crippen LogP contribution in [0.1, 0.15) is 56.2 Å². The van der Waals surface area contributed by atoms with Crippen LogP contribution >= 0.6 is 0 Å². The van der Waals surface area contributed by atoms with Gasteiger partial charge in [0.25, 0.3) is 0 Å². The average Bonchev–Trinajstić information content (AvgIpc) is 3.40. The maximum atomic E-state index is 14.6. The zero-order valence-corrected chi connectivity index (χ0v) is 27.2. The molecule has 0 saturated carbocycles. The SMILES string of the molecule is Cc1cccc(F)c1CN1C[C@H](c2ccc(N3CCN(CC4CCN(C(=O)OC(C)(C)C)CC4)CC3)cc2)[C@@H](N(C)C)C1. The molecule has 0 aliphatic carbocycles. The van der Waals surface area contributed by atoms with E-state index in [1.54, 1.807) is 12.1 Å². The first-order chi connectivity index (χ1) is 20.5. The molecule has 3 aliphatic rings. The number of aryl methyl sites for hydroxylation is 1. The van der Waals surface area contributed by atoms with Gasteiger partial charge < -0.3 is 19.4 Å². The number of nitrogens with zero attached hydrogens (tertiary/aromatic N) is 5. The Morgan fingerprint density at radius 3 is 2.21 bits per heavy atom. The van der Waals surface area contributed by atoms with Gasteiger partial charge in [0.05, 0.1) is 0 Å². The summed E-state index contributed by atoms with van der Waals surface area (Å²) in [6.07, 6.45) is 1.92. The fraction of sp³-hybridized carbons (Fsp3) is 0.629. The van der Waals surface area contributed by atoms with E-state index in [0.717, 1.165) is 82.9 Å². The fourth-order valence-corrected chi connectivity index (χ4v) is 7.05. The highest BCUT2D eigenvalue weighted by Crippen LogP contribution is 2.33. The number of piperazine rings is 1. The Balaban J connectivity index is 1.10. The second kappa shape index (κ2) is 13.5. The lowest BCUT2D eigenvalue weighted by Crippen LogP contribution is -2.49. The third-order valence-corrected chi connectivity index (χ3v) is 9.60. The first-order valence-corrected chi connectivity index (χ1v) is 16.1. The molecule has 0 N–H and O–H groups in total. The van der Waals surface area contributed by atoms with E-state index >= 15 is 0 Å². The van der Waals surface area contributed by atoms with Gasteiger partial charge in [-0.25, -0.2) is 9.18 Å². The first-order valence-electron chi connectivity index (χ1n) is 16.1. The summed E-state index contributed by atoms with van der Waals surface area (Å²) in [5.41, 5.74) is 4.07. The molecule has 236 valence electrons. The molecule has 0 aromatic heterocycles. The maximum absolute atomic E-state index is 14.6. The third kappa shape index (κ3) is 8.08. The second-order valence-corrected chi connectivity index (χ2v) is 14.2. The molecule has 0 bridgehead atoms. The van der Waals surface area contributed by atoms with E-state index in [9.17, 15) is 9.18 Å². The Labute approximate surface area is 258 Å². The minimum absolute atomic E-state index is 0.0992. The molecule has 7 nitrogen and oxygen atoms in total. The van der Waals surface area contributed by atoms with Crippen molar-refractivity contribution >= 4 is 11.8 Å². The van der Waals surface area contributed by atoms with Crippen molar-refractivity contribution in [2.24, 2.45) is 5.92 Å². The lowest BCUT2D eigenvalue weighted by molar-refractivity contribution is 0.0169. The topological polar surface area (TPSA) is 42.5 Å². The summed E-state index contributed by atoms with van der Waals surface area (Å²) >= 11 is 0. The van der Waals surface area contributed by atoms with Gasteiger partial charge in [-0.05, 0) is 89.9 Å². The van der Waals surface area contributed by atoms with Gasteiger partial charge in [-0.3, -0.25) is 9.80 Å². The number of amides is 1. The molecule has 2 aromatic rings. The van der Waals surface area contributed by atoms with Crippen molar-refractivity contribution in [1.82, 2.24) is 19.6 Å². The Kier molecular flexibility index (Phi) is 9.99. The number of carbonyl (C=O) groups is 1. The van der Waals surface area contributed by atoms with Crippen molar-refractivity contribution < 1.29 is 13.9 Å². The molecule has 0 unspecified atom stereocenters. The molecule has 2 atom stereocenters. The standard InChI is InChI=1S/C35H52FN5O2/c1-26-8-7-9-32(36)30(26)23-39-24-31(33(25-39)37(5)6)28-10-12-29(13-11-28)40-20-18-38(19-21-40)22-27-14-16-41(17-15-27)34(42)43-35(2,3)4/h7-13,27,31,33H,14-25H2,1-6H3/t31-,33+/m1/s1. The highest BCUT2D eigenvalue weighted by Gasteiger charge is 2.36. The molecule has 43 heavy (non-hydrogen) atoms. The van der Waals surface area contributed by atoms with Crippen molar-refractivity contribution in [3.8, 4) is 0 Å². The predicted octanol–water partition coefficient (Wildman–Crippen LogP) is 5.43. The Morgan fingerprint density at radius 2 is 1.60 bits per heavy atom. The molecule has 3 aliphatic heterocycles. The normalized spacial score (nSPS) is 22.9. The zero-order valence-electron chi connectivity index (χ0n) is 27.2. The summed E-state index contributed by atoms with van der Waals surface area (Å²) < 4.78 is 20.1. The Hall–Kier alpha value is -2.68. The number of halogens is 1. The number of likely N-dealkylation sites (N-methyl/N-ethyl adjacent to an activating group) is 1. The van der Waals surface area contributed by atoms with Crippen LogP contribution in [0.25, 0.3) is 0 Å². The molecule has 0 radical (unpaired) electrons. The fourth-order valence-electron chi connectivity index (χ4n) is 7.05. The highest BCUT2D eigenvalue weighted by atomic mass is 19.1. The third-order valence-electron chi connectivity index (χ3n) is 9.60. The monoisotopic (exact) mass is 593 g/mol. The first kappa shape index (κ1) is 31.7. The van der Waals surface area contributed by atoms with Crippen LogP contribution in [0.2, 0.25) is 0 Å². The summed E-state index contributed by atoms with van der Waals surface area (Å²) in [6, 6.07) is 15.0. The van der Waals surface area contributed by atoms with Crippen molar-refractivity contribution in [1.29, 1.82) is 0 Å². The van der Waals surface area contributed by atoms with Gasteiger partial charge in [-0.2, -0.15) is 0 Å². The zero-order chi connectivity index (χ0) is 30.7. The molecular weight excluding hydrogens is 541 g/mol. The number of hydrogen-bond acceptors (Lipinski definition) is 6. The molecule has 3 heterocycles. The van der Waals surface area contributed by atoms with Gasteiger partial charge in [0.15, 0.2) is 0 Å². The van der Waals surface area contributed by atoms with Crippen molar-refractivity contribution in [3.63, 3.8) is 0 Å². The largest absolute Gasteiger partial charge is 0.444 e. The van der Waals surface area contributed by atoms with Gasteiger partial charge in [0, 0.05) is 88.7 Å². The molecule has 8 heteroatoms. The predicted molar refractivity (Wildman–Crippen MR) is 172 cm³/mol. The summed E-state index contributed by atoms with van der Waals surface area (Å²) in [5.74, 6) is 0.940. The van der Waals surface area contributed by atoms with Gasteiger partial charge in [-0.15, -0.1) is 0 Å². The van der Waals surface area contributed by atoms with Crippen LogP contribution < -0.4 is 4.90 Å². The number of anilines is 1. The van der Waals surface area contributed by atoms with E-state index < -0.39 is 5.60 Å². The smallest absolute Gasteiger partial charge is 0.410 e. The lowest BCUT2D eigenvalue weighted by Gasteiger charge is -2.39. The molecule has 3 fully saturated rings. The number of hydrogen-bond donors (Lipinski definition) is 0. The minimum atomic E-state index is -0.441. The van der Waals surface area contributed by atoms with Crippen LogP contribution in [0.4, 0.5) is 14.9 Å². The second-order valence-electron chi connectivity index (χ2n) is 14.2. The molecular formula is C35H52FN5O2. The quantitative estimate of drug-likeness (QED) is 0.427. The lowest BCUT2D eigenvalue weighted by atomic mass is 9.93. The van der Waals surface area contributed by atoms with Crippen molar-refractivity contribution in [2.45, 2.75) is 64.6 Å². The van der Waals surface area contributed by atoms with Crippen LogP contribution in [0.3, 0.4) is 0 Å². The molecule has 1 amide bonds. The summed E-state index contributed by atoms with van der Waals surface area (Å²) in [5, 5.41) is 0. The van der Waals surface area contributed by atoms with E-state index in [4.69, 9.17) is 4.74 Å². The van der Waals surface area contributed by atoms with Crippen LogP contribution in [0, 0.1) is 18.7 Å². The number of carbonyl (C=O) groups excluding carboxylic acids is 1. The molecule has 0 spiro atoms. The summed E-state index contributed by atoms with van der Waals surface area (Å²) in [6.45, 7) is 17.2. The van der Waals surface area contributed by atoms with Gasteiger partial charge in [0.1, 0.15) is 11.4 Å². The van der Waals surface area contributed by atoms with Gasteiger partial charge in [-0.1, -0.05) is 24.3 Å². The van der Waals surface area contributed by atoms with Gasteiger partial charge in [0.2, 0.25) is 0 Å². The van der Waals surface area contributed by atoms with E-state index in [2.05, 4.69) is 58.0 Å². The molecule has 2 aromatic carbocycles. The van der Waals surface area contributed by atoms with Crippen molar-refractivity contribution in [3.05, 3.63) is 65.0 Å². The van der Waals surface area contributed by atoms with E-state index in [-0.39, 0.29) is 11.9 Å². The summed E-state index contributed by atoms with van der Waals surface area (Å²) in [7, 11) is 4.32. The van der Waals surface area contributed by atoms with Crippen LogP contribution in [-0.4, -0.2) is 110 Å². The van der Waals surface area contributed by atoms with Gasteiger partial charge >= 0.3 is 6.09 Å². The number of ether oxygens (including phenoxy) is 1. The number of rotatable bonds is 7. The maximum Gasteiger partial charge on any atom is 0.410 e. The average molecular weight is 594 g/mol. The van der Waals surface area contributed by atoms with E-state index in [1.165, 1.54) is 11.3 Å². The molecule has 3 saturated heterocycles. The van der Waals surface area contributed by atoms with E-state index in [0.29, 0.717) is 24.4 Å². The number of benzene rings is 2. The van der Waals surface area contributed by atoms with Crippen molar-refractivity contribution in [2.75, 3.05) is 77.9 Å². The van der Waals surface area contributed by atoms with Crippen LogP contribution in [0.15, 0.2) is 42.5 Å². The molecule has 5 rings (SSSR count). The Bertz CT molecular complexity index is 1190. The van der Waals surface area contributed by atoms with Crippen LogP contribution in [0.5, 0.6) is 0 Å².